The number of aryl methyl sites for hydroxylation is 2. The van der Waals surface area contributed by atoms with Crippen LogP contribution in [0, 0.1) is 20.8 Å². The third kappa shape index (κ3) is 5.37. The van der Waals surface area contributed by atoms with Gasteiger partial charge in [0.05, 0.1) is 14.2 Å². The van der Waals surface area contributed by atoms with Crippen LogP contribution in [0.25, 0.3) is 0 Å². The first-order chi connectivity index (χ1) is 14.9. The maximum absolute atomic E-state index is 12.8. The molecule has 1 N–H and O–H groups in total. The quantitative estimate of drug-likeness (QED) is 0.549. The van der Waals surface area contributed by atoms with Crippen molar-refractivity contribution in [1.29, 1.82) is 0 Å². The Bertz CT molecular complexity index is 1070. The van der Waals surface area contributed by atoms with Gasteiger partial charge in [0.25, 0.3) is 5.91 Å². The Morgan fingerprint density at radius 1 is 0.839 bits per heavy atom. The topological polar surface area (TPSA) is 56.8 Å². The van der Waals surface area contributed by atoms with Crippen molar-refractivity contribution in [2.24, 2.45) is 0 Å². The number of benzene rings is 3. The number of hydrogen-bond acceptors (Lipinski definition) is 4. The zero-order chi connectivity index (χ0) is 22.4. The second kappa shape index (κ2) is 10.0. The van der Waals surface area contributed by atoms with Crippen molar-refractivity contribution < 1.29 is 19.0 Å². The Labute approximate surface area is 184 Å². The van der Waals surface area contributed by atoms with Crippen molar-refractivity contribution in [3.05, 3.63) is 88.0 Å². The molecule has 0 unspecified atom stereocenters. The molecule has 31 heavy (non-hydrogen) atoms. The summed E-state index contributed by atoms with van der Waals surface area (Å²) in [5.74, 6) is 2.10. The van der Waals surface area contributed by atoms with Crippen molar-refractivity contribution >= 4 is 5.91 Å². The average Bonchev–Trinajstić information content (AvgIpc) is 2.78. The molecule has 0 aliphatic carbocycles. The fraction of sp³-hybridized carbons (Fsp3) is 0.269. The minimum Gasteiger partial charge on any atom is -0.496 e. The van der Waals surface area contributed by atoms with Crippen LogP contribution in [0.15, 0.2) is 54.6 Å². The van der Waals surface area contributed by atoms with Gasteiger partial charge in [-0.15, -0.1) is 0 Å². The number of hydrogen-bond donors (Lipinski definition) is 1. The molecule has 162 valence electrons. The summed E-state index contributed by atoms with van der Waals surface area (Å²) in [5, 5.41) is 2.95. The molecule has 5 heteroatoms. The minimum absolute atomic E-state index is 0.169. The van der Waals surface area contributed by atoms with Crippen LogP contribution in [0.3, 0.4) is 0 Å². The van der Waals surface area contributed by atoms with Crippen LogP contribution in [0.5, 0.6) is 17.2 Å². The Morgan fingerprint density at radius 2 is 1.55 bits per heavy atom. The van der Waals surface area contributed by atoms with E-state index in [1.54, 1.807) is 26.4 Å². The van der Waals surface area contributed by atoms with Gasteiger partial charge in [-0.25, -0.2) is 0 Å². The summed E-state index contributed by atoms with van der Waals surface area (Å²) < 4.78 is 16.9. The van der Waals surface area contributed by atoms with Gasteiger partial charge < -0.3 is 19.5 Å². The summed E-state index contributed by atoms with van der Waals surface area (Å²) in [6.45, 7) is 6.85. The van der Waals surface area contributed by atoms with E-state index in [2.05, 4.69) is 18.3 Å². The molecule has 3 aromatic rings. The van der Waals surface area contributed by atoms with Crippen molar-refractivity contribution in [2.75, 3.05) is 14.2 Å². The van der Waals surface area contributed by atoms with Gasteiger partial charge in [0.15, 0.2) is 0 Å². The van der Waals surface area contributed by atoms with Crippen molar-refractivity contribution in [3.8, 4) is 17.2 Å². The number of carbonyl (C=O) groups is 1. The lowest BCUT2D eigenvalue weighted by Crippen LogP contribution is -2.23. The molecule has 3 rings (SSSR count). The van der Waals surface area contributed by atoms with E-state index in [-0.39, 0.29) is 5.91 Å². The van der Waals surface area contributed by atoms with Gasteiger partial charge in [0, 0.05) is 23.2 Å². The van der Waals surface area contributed by atoms with E-state index < -0.39 is 0 Å². The molecule has 0 heterocycles. The van der Waals surface area contributed by atoms with Crippen LogP contribution < -0.4 is 19.5 Å². The van der Waals surface area contributed by atoms with Crippen molar-refractivity contribution in [1.82, 2.24) is 5.32 Å². The molecule has 0 saturated carbocycles. The molecule has 0 spiro atoms. The molecule has 0 fully saturated rings. The fourth-order valence-corrected chi connectivity index (χ4v) is 3.47. The minimum atomic E-state index is -0.169. The van der Waals surface area contributed by atoms with Gasteiger partial charge in [0.1, 0.15) is 23.9 Å². The van der Waals surface area contributed by atoms with E-state index in [9.17, 15) is 4.79 Å². The molecule has 0 radical (unpaired) electrons. The smallest absolute Gasteiger partial charge is 0.251 e. The lowest BCUT2D eigenvalue weighted by molar-refractivity contribution is 0.0950. The van der Waals surface area contributed by atoms with Gasteiger partial charge >= 0.3 is 0 Å². The third-order valence-electron chi connectivity index (χ3n) is 5.32. The average molecular weight is 420 g/mol. The number of para-hydroxylation sites is 1. The molecule has 0 bridgehead atoms. The van der Waals surface area contributed by atoms with E-state index in [1.807, 2.05) is 50.2 Å². The monoisotopic (exact) mass is 419 g/mol. The molecule has 0 aliphatic rings. The van der Waals surface area contributed by atoms with Gasteiger partial charge in [0.2, 0.25) is 0 Å². The number of ether oxygens (including phenoxy) is 3. The molecule has 0 atom stereocenters. The first-order valence-electron chi connectivity index (χ1n) is 10.2. The van der Waals surface area contributed by atoms with Crippen LogP contribution in [0.1, 0.15) is 38.2 Å². The van der Waals surface area contributed by atoms with Crippen molar-refractivity contribution in [3.63, 3.8) is 0 Å². The predicted octanol–water partition coefficient (Wildman–Crippen LogP) is 5.14. The van der Waals surface area contributed by atoms with Crippen LogP contribution in [0.4, 0.5) is 0 Å². The van der Waals surface area contributed by atoms with E-state index in [4.69, 9.17) is 14.2 Å². The standard InChI is InChI=1S/C26H29NO4/c1-17-12-18(2)19(3)25(13-17)31-16-22-14-20(10-11-24(22)30-5)26(28)27-15-21-8-6-7-9-23(21)29-4/h6-14H,15-16H2,1-5H3,(H,27,28). The van der Waals surface area contributed by atoms with E-state index >= 15 is 0 Å². The van der Waals surface area contributed by atoms with E-state index in [0.29, 0.717) is 24.5 Å². The molecule has 0 aromatic heterocycles. The molecule has 1 amide bonds. The van der Waals surface area contributed by atoms with Gasteiger partial charge in [-0.2, -0.15) is 0 Å². The first kappa shape index (κ1) is 22.2. The molecule has 0 saturated heterocycles. The fourth-order valence-electron chi connectivity index (χ4n) is 3.47. The van der Waals surface area contributed by atoms with Crippen LogP contribution in [-0.2, 0) is 13.2 Å². The van der Waals surface area contributed by atoms with Crippen LogP contribution in [0.2, 0.25) is 0 Å². The highest BCUT2D eigenvalue weighted by Crippen LogP contribution is 2.27. The lowest BCUT2D eigenvalue weighted by atomic mass is 10.1. The SMILES string of the molecule is COc1ccccc1CNC(=O)c1ccc(OC)c(COc2cc(C)cc(C)c2C)c1. The Kier molecular flexibility index (Phi) is 7.19. The second-order valence-corrected chi connectivity index (χ2v) is 7.51. The second-order valence-electron chi connectivity index (χ2n) is 7.51. The zero-order valence-corrected chi connectivity index (χ0v) is 18.7. The van der Waals surface area contributed by atoms with Gasteiger partial charge in [-0.1, -0.05) is 24.3 Å². The summed E-state index contributed by atoms with van der Waals surface area (Å²) in [4.78, 5) is 12.8. The maximum atomic E-state index is 12.8. The number of rotatable bonds is 8. The van der Waals surface area contributed by atoms with Gasteiger partial charge in [-0.05, 0) is 67.8 Å². The summed E-state index contributed by atoms with van der Waals surface area (Å²) >= 11 is 0. The van der Waals surface area contributed by atoms with Gasteiger partial charge in [-0.3, -0.25) is 4.79 Å². The lowest BCUT2D eigenvalue weighted by Gasteiger charge is -2.15. The highest BCUT2D eigenvalue weighted by molar-refractivity contribution is 5.94. The Hall–Kier alpha value is -3.47. The van der Waals surface area contributed by atoms with E-state index in [1.165, 1.54) is 5.56 Å². The summed E-state index contributed by atoms with van der Waals surface area (Å²) in [6, 6.07) is 17.1. The molecule has 3 aromatic carbocycles. The normalized spacial score (nSPS) is 10.5. The highest BCUT2D eigenvalue weighted by Gasteiger charge is 2.13. The summed E-state index contributed by atoms with van der Waals surface area (Å²) in [6.07, 6.45) is 0. The van der Waals surface area contributed by atoms with Crippen molar-refractivity contribution in [2.45, 2.75) is 33.9 Å². The number of amides is 1. The number of methoxy groups -OCH3 is 2. The zero-order valence-electron chi connectivity index (χ0n) is 18.7. The molecular formula is C26H29NO4. The molecular weight excluding hydrogens is 390 g/mol. The number of nitrogens with one attached hydrogen (secondary N) is 1. The maximum Gasteiger partial charge on any atom is 0.251 e. The summed E-state index contributed by atoms with van der Waals surface area (Å²) in [5.41, 5.74) is 5.72. The number of carbonyl (C=O) groups excluding carboxylic acids is 1. The largest absolute Gasteiger partial charge is 0.496 e. The first-order valence-corrected chi connectivity index (χ1v) is 10.2. The van der Waals surface area contributed by atoms with Crippen LogP contribution >= 0.6 is 0 Å². The molecule has 5 nitrogen and oxygen atoms in total. The summed E-state index contributed by atoms with van der Waals surface area (Å²) in [7, 11) is 3.23. The molecule has 0 aliphatic heterocycles. The predicted molar refractivity (Wildman–Crippen MR) is 122 cm³/mol. The third-order valence-corrected chi connectivity index (χ3v) is 5.32. The Balaban J connectivity index is 1.75. The highest BCUT2D eigenvalue weighted by atomic mass is 16.5. The van der Waals surface area contributed by atoms with E-state index in [0.717, 1.165) is 33.8 Å². The Morgan fingerprint density at radius 3 is 2.29 bits per heavy atom. The van der Waals surface area contributed by atoms with Crippen LogP contribution in [-0.4, -0.2) is 20.1 Å².